The van der Waals surface area contributed by atoms with Gasteiger partial charge in [-0.3, -0.25) is 14.9 Å². The smallest absolute Gasteiger partial charge is 0.139 e. The number of benzene rings is 2. The van der Waals surface area contributed by atoms with E-state index in [1.165, 1.54) is 19.0 Å². The average Bonchev–Trinajstić information content (AvgIpc) is 3.50. The number of hydrogen-bond acceptors (Lipinski definition) is 9. The number of nitrogens with one attached hydrogen (secondary N) is 1. The molecule has 0 bridgehead atoms. The molecule has 6 rings (SSSR count). The molecule has 0 spiro atoms. The van der Waals surface area contributed by atoms with E-state index in [2.05, 4.69) is 31.2 Å². The van der Waals surface area contributed by atoms with Gasteiger partial charge in [-0.25, -0.2) is 0 Å². The number of ether oxygens (including phenoxy) is 2. The minimum atomic E-state index is 0.349. The second kappa shape index (κ2) is 12.4. The van der Waals surface area contributed by atoms with Crippen LogP contribution in [0.1, 0.15) is 11.3 Å². The largest absolute Gasteiger partial charge is 0.496 e. The van der Waals surface area contributed by atoms with Crippen LogP contribution < -0.4 is 19.7 Å². The van der Waals surface area contributed by atoms with Crippen molar-refractivity contribution in [3.63, 3.8) is 0 Å². The van der Waals surface area contributed by atoms with Crippen molar-refractivity contribution in [1.29, 1.82) is 5.26 Å². The van der Waals surface area contributed by atoms with Crippen molar-refractivity contribution in [2.45, 2.75) is 6.54 Å². The highest BCUT2D eigenvalue weighted by molar-refractivity contribution is 6.37. The Morgan fingerprint density at radius 2 is 1.74 bits per heavy atom. The predicted octanol–water partition coefficient (Wildman–Crippen LogP) is 7.15. The summed E-state index contributed by atoms with van der Waals surface area (Å²) >= 11 is 12.7. The molecule has 3 aromatic heterocycles. The molecule has 0 saturated carbocycles. The molecule has 0 radical (unpaired) electrons. The standard InChI is InChI=1S/C32H28Cl2N6O3/c1-41-30-13-25-28(37-17-21(16-35)32(25)38-29-15-31(42-2)27(34)14-26(29)33)12-24(30)20-11-23(43-19-20)18-39-7-9-40(10-8-39)22-3-5-36-6-4-22/h3-6,11-15,17,19H,7-10,18H2,1-2H3,(H,37,38). The van der Waals surface area contributed by atoms with Gasteiger partial charge in [-0.2, -0.15) is 5.26 Å². The first kappa shape index (κ1) is 28.6. The van der Waals surface area contributed by atoms with Gasteiger partial charge in [0.25, 0.3) is 0 Å². The van der Waals surface area contributed by atoms with Crippen LogP contribution in [0.25, 0.3) is 22.0 Å². The summed E-state index contributed by atoms with van der Waals surface area (Å²) in [6, 6.07) is 15.4. The summed E-state index contributed by atoms with van der Waals surface area (Å²) in [6.07, 6.45) is 6.94. The maximum Gasteiger partial charge on any atom is 0.139 e. The summed E-state index contributed by atoms with van der Waals surface area (Å²) < 4.78 is 17.2. The molecule has 1 fully saturated rings. The number of methoxy groups -OCH3 is 2. The van der Waals surface area contributed by atoms with Crippen molar-refractivity contribution in [3.05, 3.63) is 88.7 Å². The molecule has 9 nitrogen and oxygen atoms in total. The number of fused-ring (bicyclic) bond motifs is 1. The van der Waals surface area contributed by atoms with Crippen LogP contribution in [0.5, 0.6) is 11.5 Å². The molecular formula is C32H28Cl2N6O3. The zero-order chi connectivity index (χ0) is 29.9. The van der Waals surface area contributed by atoms with Crippen molar-refractivity contribution in [2.24, 2.45) is 0 Å². The van der Waals surface area contributed by atoms with Crippen LogP contribution in [0.15, 0.2) is 71.7 Å². The molecule has 0 amide bonds. The van der Waals surface area contributed by atoms with Crippen molar-refractivity contribution in [2.75, 3.05) is 50.6 Å². The van der Waals surface area contributed by atoms with Crippen LogP contribution in [0.2, 0.25) is 10.0 Å². The fraction of sp³-hybridized carbons (Fsp3) is 0.219. The Kier molecular flexibility index (Phi) is 8.25. The predicted molar refractivity (Wildman–Crippen MR) is 169 cm³/mol. The van der Waals surface area contributed by atoms with E-state index in [0.717, 1.165) is 43.1 Å². The van der Waals surface area contributed by atoms with Crippen LogP contribution in [-0.2, 0) is 6.54 Å². The van der Waals surface area contributed by atoms with Crippen molar-refractivity contribution >= 4 is 51.2 Å². The lowest BCUT2D eigenvalue weighted by atomic mass is 10.0. The van der Waals surface area contributed by atoms with Crippen molar-refractivity contribution in [1.82, 2.24) is 14.9 Å². The van der Waals surface area contributed by atoms with Gasteiger partial charge in [-0.1, -0.05) is 23.2 Å². The third kappa shape index (κ3) is 5.90. The van der Waals surface area contributed by atoms with Gasteiger partial charge in [0.15, 0.2) is 0 Å². The van der Waals surface area contributed by atoms with E-state index in [1.807, 2.05) is 42.7 Å². The van der Waals surface area contributed by atoms with E-state index in [1.54, 1.807) is 25.5 Å². The van der Waals surface area contributed by atoms with E-state index in [0.29, 0.717) is 55.9 Å². The number of rotatable bonds is 8. The van der Waals surface area contributed by atoms with Crippen molar-refractivity contribution < 1.29 is 13.9 Å². The molecule has 1 aliphatic heterocycles. The molecule has 0 aliphatic carbocycles. The number of aromatic nitrogens is 2. The number of anilines is 3. The SMILES string of the molecule is COc1cc(Nc2c(C#N)cnc3cc(-c4coc(CN5CCN(c6ccncc6)CC5)c4)c(OC)cc23)c(Cl)cc1Cl. The number of nitrogens with zero attached hydrogens (tertiary/aromatic N) is 5. The molecule has 1 aliphatic rings. The van der Waals surface area contributed by atoms with Gasteiger partial charge in [-0.15, -0.1) is 0 Å². The fourth-order valence-corrected chi connectivity index (χ4v) is 5.80. The molecule has 11 heteroatoms. The number of hydrogen-bond donors (Lipinski definition) is 1. The van der Waals surface area contributed by atoms with Gasteiger partial charge in [0.2, 0.25) is 0 Å². The normalized spacial score (nSPS) is 13.6. The molecule has 218 valence electrons. The Labute approximate surface area is 259 Å². The highest BCUT2D eigenvalue weighted by Crippen LogP contribution is 2.41. The summed E-state index contributed by atoms with van der Waals surface area (Å²) in [5, 5.41) is 14.6. The summed E-state index contributed by atoms with van der Waals surface area (Å²) in [5.41, 5.74) is 5.02. The van der Waals surface area contributed by atoms with Gasteiger partial charge in [0, 0.05) is 73.0 Å². The molecule has 43 heavy (non-hydrogen) atoms. The first-order valence-electron chi connectivity index (χ1n) is 13.6. The molecule has 1 N–H and O–H groups in total. The highest BCUT2D eigenvalue weighted by atomic mass is 35.5. The van der Waals surface area contributed by atoms with Gasteiger partial charge in [0.1, 0.15) is 23.3 Å². The first-order valence-corrected chi connectivity index (χ1v) is 14.4. The van der Waals surface area contributed by atoms with Gasteiger partial charge in [-0.05, 0) is 36.4 Å². The van der Waals surface area contributed by atoms with Crippen molar-refractivity contribution in [3.8, 4) is 28.7 Å². The maximum absolute atomic E-state index is 9.88. The average molecular weight is 616 g/mol. The van der Waals surface area contributed by atoms with E-state index >= 15 is 0 Å². The van der Waals surface area contributed by atoms with E-state index < -0.39 is 0 Å². The lowest BCUT2D eigenvalue weighted by molar-refractivity contribution is 0.230. The Balaban J connectivity index is 1.26. The van der Waals surface area contributed by atoms with Gasteiger partial charge >= 0.3 is 0 Å². The third-order valence-electron chi connectivity index (χ3n) is 7.56. The lowest BCUT2D eigenvalue weighted by Gasteiger charge is -2.35. The molecule has 0 atom stereocenters. The number of nitriles is 1. The first-order chi connectivity index (χ1) is 21.0. The second-order valence-electron chi connectivity index (χ2n) is 10.1. The molecule has 0 unspecified atom stereocenters. The maximum atomic E-state index is 9.88. The lowest BCUT2D eigenvalue weighted by Crippen LogP contribution is -2.45. The number of piperazine rings is 1. The van der Waals surface area contributed by atoms with Crippen LogP contribution >= 0.6 is 23.2 Å². The summed E-state index contributed by atoms with van der Waals surface area (Å²) in [5.74, 6) is 1.94. The van der Waals surface area contributed by atoms with E-state index in [9.17, 15) is 5.26 Å². The number of pyridine rings is 2. The number of furan rings is 1. The summed E-state index contributed by atoms with van der Waals surface area (Å²) in [6.45, 7) is 4.46. The minimum absolute atomic E-state index is 0.349. The fourth-order valence-electron chi connectivity index (χ4n) is 5.29. The highest BCUT2D eigenvalue weighted by Gasteiger charge is 2.21. The summed E-state index contributed by atoms with van der Waals surface area (Å²) in [7, 11) is 3.14. The monoisotopic (exact) mass is 614 g/mol. The second-order valence-corrected chi connectivity index (χ2v) is 10.9. The Morgan fingerprint density at radius 3 is 2.47 bits per heavy atom. The van der Waals surface area contributed by atoms with E-state index in [-0.39, 0.29) is 0 Å². The topological polar surface area (TPSA) is 99.7 Å². The van der Waals surface area contributed by atoms with Crippen LogP contribution in [-0.4, -0.2) is 55.3 Å². The Morgan fingerprint density at radius 1 is 0.977 bits per heavy atom. The Hall–Kier alpha value is -4.49. The van der Waals surface area contributed by atoms with E-state index in [4.69, 9.17) is 37.1 Å². The van der Waals surface area contributed by atoms with Crippen LogP contribution in [0.3, 0.4) is 0 Å². The minimum Gasteiger partial charge on any atom is -0.496 e. The van der Waals surface area contributed by atoms with Crippen LogP contribution in [0, 0.1) is 11.3 Å². The zero-order valence-electron chi connectivity index (χ0n) is 23.6. The number of halogens is 2. The van der Waals surface area contributed by atoms with Crippen LogP contribution in [0.4, 0.5) is 17.1 Å². The summed E-state index contributed by atoms with van der Waals surface area (Å²) in [4.78, 5) is 13.4. The zero-order valence-corrected chi connectivity index (χ0v) is 25.1. The van der Waals surface area contributed by atoms with Gasteiger partial charge < -0.3 is 24.1 Å². The Bertz CT molecular complexity index is 1810. The quantitative estimate of drug-likeness (QED) is 0.195. The molecule has 1 saturated heterocycles. The molecule has 5 aromatic rings. The molecule has 2 aromatic carbocycles. The molecular weight excluding hydrogens is 587 g/mol. The van der Waals surface area contributed by atoms with Gasteiger partial charge in [0.05, 0.1) is 59.5 Å². The third-order valence-corrected chi connectivity index (χ3v) is 8.16. The molecule has 4 heterocycles.